The first-order valence-electron chi connectivity index (χ1n) is 9.72. The van der Waals surface area contributed by atoms with Gasteiger partial charge >= 0.3 is 5.97 Å². The summed E-state index contributed by atoms with van der Waals surface area (Å²) >= 11 is 2.39. The van der Waals surface area contributed by atoms with Gasteiger partial charge in [0.25, 0.3) is 0 Å². The van der Waals surface area contributed by atoms with Gasteiger partial charge in [0, 0.05) is 22.4 Å². The number of fused-ring (bicyclic) bond motifs is 2. The van der Waals surface area contributed by atoms with E-state index in [1.54, 1.807) is 0 Å². The molecule has 0 aromatic heterocycles. The topological polar surface area (TPSA) is 29.5 Å². The van der Waals surface area contributed by atoms with Gasteiger partial charge in [0.05, 0.1) is 5.92 Å². The third-order valence-electron chi connectivity index (χ3n) is 6.41. The van der Waals surface area contributed by atoms with Gasteiger partial charge in [0.2, 0.25) is 0 Å². The second-order valence-electron chi connectivity index (χ2n) is 7.89. The number of halogens is 1. The highest BCUT2D eigenvalue weighted by Gasteiger charge is 2.49. The Labute approximate surface area is 175 Å². The van der Waals surface area contributed by atoms with Crippen LogP contribution >= 0.6 is 22.6 Å². The Morgan fingerprint density at radius 1 is 1.15 bits per heavy atom. The fourth-order valence-electron chi connectivity index (χ4n) is 4.83. The summed E-state index contributed by atoms with van der Waals surface area (Å²) in [7, 11) is 2.17. The highest BCUT2D eigenvalue weighted by Crippen LogP contribution is 2.46. The third kappa shape index (κ3) is 3.66. The minimum Gasteiger partial charge on any atom is -0.426 e. The van der Waals surface area contributed by atoms with Crippen molar-refractivity contribution >= 4 is 28.6 Å². The molecule has 0 aliphatic carbocycles. The average Bonchev–Trinajstić information content (AvgIpc) is 2.92. The molecule has 2 fully saturated rings. The Morgan fingerprint density at radius 2 is 1.89 bits per heavy atom. The Balaban J connectivity index is 1.64. The van der Waals surface area contributed by atoms with Gasteiger partial charge in [-0.3, -0.25) is 9.69 Å². The van der Waals surface area contributed by atoms with E-state index in [0.29, 0.717) is 11.8 Å². The summed E-state index contributed by atoms with van der Waals surface area (Å²) in [6, 6.07) is 17.5. The van der Waals surface area contributed by atoms with Gasteiger partial charge in [-0.25, -0.2) is 0 Å². The van der Waals surface area contributed by atoms with Gasteiger partial charge in [-0.05, 0) is 56.0 Å². The maximum absolute atomic E-state index is 13.3. The number of para-hydroxylation sites is 1. The number of nitrogens with zero attached hydrogens (tertiary/aromatic N) is 1. The highest BCUT2D eigenvalue weighted by atomic mass is 127. The number of esters is 1. The van der Waals surface area contributed by atoms with Crippen LogP contribution in [0.3, 0.4) is 0 Å². The summed E-state index contributed by atoms with van der Waals surface area (Å²) in [5.74, 6) is 0.728. The number of benzene rings is 2. The fourth-order valence-corrected chi connectivity index (χ4v) is 5.34. The highest BCUT2D eigenvalue weighted by molar-refractivity contribution is 14.1. The summed E-state index contributed by atoms with van der Waals surface area (Å²) in [4.78, 5) is 15.7. The molecule has 0 saturated carbocycles. The van der Waals surface area contributed by atoms with Gasteiger partial charge in [-0.2, -0.15) is 0 Å². The molecule has 2 aromatic rings. The molecule has 2 aliphatic rings. The lowest BCUT2D eigenvalue weighted by atomic mass is 9.76. The predicted octanol–water partition coefficient (Wildman–Crippen LogP) is 5.10. The molecular weight excluding hydrogens is 449 g/mol. The lowest BCUT2D eigenvalue weighted by molar-refractivity contribution is -0.143. The molecule has 2 heterocycles. The minimum absolute atomic E-state index is 0.0792. The van der Waals surface area contributed by atoms with Gasteiger partial charge in [-0.15, -0.1) is 0 Å². The summed E-state index contributed by atoms with van der Waals surface area (Å²) in [5.41, 5.74) is 3.61. The number of alkyl halides is 1. The monoisotopic (exact) mass is 475 g/mol. The lowest BCUT2D eigenvalue weighted by Gasteiger charge is -2.42. The summed E-state index contributed by atoms with van der Waals surface area (Å²) in [6.45, 7) is 1.99. The molecule has 0 N–H and O–H groups in total. The molecule has 2 aliphatic heterocycles. The van der Waals surface area contributed by atoms with E-state index in [0.717, 1.165) is 22.8 Å². The molecule has 0 spiro atoms. The van der Waals surface area contributed by atoms with Crippen molar-refractivity contribution in [2.24, 2.45) is 5.92 Å². The largest absolute Gasteiger partial charge is 0.426 e. The van der Waals surface area contributed by atoms with E-state index in [1.165, 1.54) is 17.5 Å². The smallest absolute Gasteiger partial charge is 0.316 e. The maximum atomic E-state index is 13.3. The molecule has 0 radical (unpaired) electrons. The minimum atomic E-state index is -0.112. The van der Waals surface area contributed by atoms with Crippen molar-refractivity contribution in [3.8, 4) is 5.75 Å². The number of hydrogen-bond donors (Lipinski definition) is 0. The van der Waals surface area contributed by atoms with Crippen molar-refractivity contribution in [3.05, 3.63) is 65.2 Å². The van der Waals surface area contributed by atoms with Crippen molar-refractivity contribution in [1.29, 1.82) is 0 Å². The zero-order valence-electron chi connectivity index (χ0n) is 15.9. The zero-order valence-corrected chi connectivity index (χ0v) is 18.1. The molecule has 2 aromatic carbocycles. The molecular formula is C23H26INO2. The third-order valence-corrected chi connectivity index (χ3v) is 7.29. The Hall–Kier alpha value is -1.40. The second kappa shape index (κ2) is 7.92. The van der Waals surface area contributed by atoms with E-state index < -0.39 is 0 Å². The molecule has 2 unspecified atom stereocenters. The van der Waals surface area contributed by atoms with E-state index in [2.05, 4.69) is 58.8 Å². The average molecular weight is 475 g/mol. The standard InChI is InChI=1S/C23H26INO2/c1-15-5-3-4-6-21(15)27-23(26)22-19(13-18-11-12-20(22)25(18)2)17-9-7-16(14-24)8-10-17/h3-10,18-20,22H,11-14H2,1-2H3/t18-,19-,20?,22?/m1/s1. The molecule has 0 amide bonds. The predicted molar refractivity (Wildman–Crippen MR) is 116 cm³/mol. The molecule has 27 heavy (non-hydrogen) atoms. The van der Waals surface area contributed by atoms with Crippen LogP contribution in [0.1, 0.15) is 41.9 Å². The number of carbonyl (C=O) groups is 1. The molecule has 2 saturated heterocycles. The summed E-state index contributed by atoms with van der Waals surface area (Å²) in [6.07, 6.45) is 3.29. The lowest BCUT2D eigenvalue weighted by Crippen LogP contribution is -2.49. The number of piperidine rings is 1. The van der Waals surface area contributed by atoms with Crippen LogP contribution in [-0.2, 0) is 9.22 Å². The van der Waals surface area contributed by atoms with Crippen LogP contribution in [0.5, 0.6) is 5.75 Å². The van der Waals surface area contributed by atoms with Crippen molar-refractivity contribution in [2.45, 2.75) is 48.6 Å². The first-order chi connectivity index (χ1) is 13.1. The van der Waals surface area contributed by atoms with Crippen molar-refractivity contribution < 1.29 is 9.53 Å². The molecule has 2 bridgehead atoms. The van der Waals surface area contributed by atoms with Crippen molar-refractivity contribution in [1.82, 2.24) is 4.90 Å². The molecule has 142 valence electrons. The van der Waals surface area contributed by atoms with Crippen molar-refractivity contribution in [3.63, 3.8) is 0 Å². The normalized spacial score (nSPS) is 27.5. The van der Waals surface area contributed by atoms with E-state index >= 15 is 0 Å². The van der Waals surface area contributed by atoms with E-state index in [-0.39, 0.29) is 23.8 Å². The summed E-state index contributed by atoms with van der Waals surface area (Å²) < 4.78 is 6.92. The van der Waals surface area contributed by atoms with Crippen LogP contribution in [0.2, 0.25) is 0 Å². The molecule has 4 heteroatoms. The van der Waals surface area contributed by atoms with Gasteiger partial charge in [-0.1, -0.05) is 65.1 Å². The quantitative estimate of drug-likeness (QED) is 0.267. The number of carbonyl (C=O) groups excluding carboxylic acids is 1. The first-order valence-corrected chi connectivity index (χ1v) is 11.2. The maximum Gasteiger partial charge on any atom is 0.316 e. The van der Waals surface area contributed by atoms with E-state index in [1.807, 2.05) is 31.2 Å². The molecule has 4 rings (SSSR count). The number of rotatable bonds is 4. The fraction of sp³-hybridized carbons (Fsp3) is 0.435. The first kappa shape index (κ1) is 18.9. The van der Waals surface area contributed by atoms with Gasteiger partial charge in [0.15, 0.2) is 0 Å². The Bertz CT molecular complexity index is 819. The van der Waals surface area contributed by atoms with Crippen LogP contribution in [0.25, 0.3) is 0 Å². The number of ether oxygens (including phenoxy) is 1. The number of hydrogen-bond acceptors (Lipinski definition) is 3. The zero-order chi connectivity index (χ0) is 19.0. The van der Waals surface area contributed by atoms with Crippen LogP contribution < -0.4 is 4.74 Å². The van der Waals surface area contributed by atoms with E-state index in [9.17, 15) is 4.79 Å². The van der Waals surface area contributed by atoms with Gasteiger partial charge < -0.3 is 4.74 Å². The van der Waals surface area contributed by atoms with Crippen LogP contribution in [0.4, 0.5) is 0 Å². The Kier molecular flexibility index (Phi) is 5.55. The van der Waals surface area contributed by atoms with E-state index in [4.69, 9.17) is 4.74 Å². The number of aryl methyl sites for hydroxylation is 1. The SMILES string of the molecule is Cc1ccccc1OC(=O)C1C2CC[C@H](C[C@@H]1c1ccc(CI)cc1)N2C. The van der Waals surface area contributed by atoms with Gasteiger partial charge in [0.1, 0.15) is 5.75 Å². The van der Waals surface area contributed by atoms with Crippen LogP contribution in [0.15, 0.2) is 48.5 Å². The second-order valence-corrected chi connectivity index (χ2v) is 8.66. The van der Waals surface area contributed by atoms with Crippen LogP contribution in [-0.4, -0.2) is 30.0 Å². The molecule has 4 atom stereocenters. The van der Waals surface area contributed by atoms with Crippen LogP contribution in [0, 0.1) is 12.8 Å². The Morgan fingerprint density at radius 3 is 2.59 bits per heavy atom. The summed E-state index contributed by atoms with van der Waals surface area (Å²) in [5, 5.41) is 0. The molecule has 3 nitrogen and oxygen atoms in total. The van der Waals surface area contributed by atoms with Crippen molar-refractivity contribution in [2.75, 3.05) is 7.05 Å².